The molecule has 9 heteroatoms. The first kappa shape index (κ1) is 17.1. The van der Waals surface area contributed by atoms with Crippen molar-refractivity contribution in [1.29, 1.82) is 0 Å². The number of hydrogen-bond acceptors (Lipinski definition) is 7. The maximum absolute atomic E-state index is 12.6. The number of nitro groups is 1. The van der Waals surface area contributed by atoms with Crippen LogP contribution in [0.4, 0.5) is 5.69 Å². The lowest BCUT2D eigenvalue weighted by Gasteiger charge is -2.34. The van der Waals surface area contributed by atoms with Crippen LogP contribution in [0.25, 0.3) is 11.0 Å². The first-order valence-electron chi connectivity index (χ1n) is 7.84. The summed E-state index contributed by atoms with van der Waals surface area (Å²) in [6.45, 7) is 2.69. The van der Waals surface area contributed by atoms with Gasteiger partial charge in [-0.25, -0.2) is 4.79 Å². The van der Waals surface area contributed by atoms with Crippen molar-refractivity contribution in [1.82, 2.24) is 9.80 Å². The molecule has 1 fully saturated rings. The van der Waals surface area contributed by atoms with E-state index in [1.165, 1.54) is 24.3 Å². The summed E-state index contributed by atoms with van der Waals surface area (Å²) >= 11 is 0. The molecule has 1 aliphatic rings. The van der Waals surface area contributed by atoms with E-state index in [0.717, 1.165) is 0 Å². The van der Waals surface area contributed by atoms with E-state index in [4.69, 9.17) is 9.52 Å². The number of aliphatic hydroxyl groups is 1. The standard InChI is InChI=1S/C16H17N3O6/c20-8-7-17-3-5-18(6-4-17)15(21)13-10-11-9-12(19(23)24)1-2-14(11)25-16(13)22/h1-2,9-10,20H,3-8H2. The predicted molar refractivity (Wildman–Crippen MR) is 88.6 cm³/mol. The lowest BCUT2D eigenvalue weighted by molar-refractivity contribution is -0.384. The molecule has 2 aromatic rings. The van der Waals surface area contributed by atoms with Gasteiger partial charge in [0.2, 0.25) is 0 Å². The molecule has 0 aliphatic carbocycles. The zero-order chi connectivity index (χ0) is 18.0. The summed E-state index contributed by atoms with van der Waals surface area (Å²) in [5, 5.41) is 20.2. The van der Waals surface area contributed by atoms with Gasteiger partial charge in [0.25, 0.3) is 11.6 Å². The number of nitrogens with zero attached hydrogens (tertiary/aromatic N) is 3. The third kappa shape index (κ3) is 3.52. The van der Waals surface area contributed by atoms with E-state index in [1.54, 1.807) is 4.90 Å². The van der Waals surface area contributed by atoms with Crippen molar-refractivity contribution in [3.8, 4) is 0 Å². The second-order valence-electron chi connectivity index (χ2n) is 5.78. The fraction of sp³-hybridized carbons (Fsp3) is 0.375. The van der Waals surface area contributed by atoms with Crippen LogP contribution in [0.5, 0.6) is 0 Å². The van der Waals surface area contributed by atoms with Crippen LogP contribution in [0.3, 0.4) is 0 Å². The maximum atomic E-state index is 12.6. The molecule has 9 nitrogen and oxygen atoms in total. The predicted octanol–water partition coefficient (Wildman–Crippen LogP) is 0.451. The highest BCUT2D eigenvalue weighted by molar-refractivity contribution is 5.97. The molecule has 1 aliphatic heterocycles. The summed E-state index contributed by atoms with van der Waals surface area (Å²) in [7, 11) is 0. The second kappa shape index (κ2) is 6.99. The Balaban J connectivity index is 1.87. The van der Waals surface area contributed by atoms with Crippen LogP contribution in [0.15, 0.2) is 33.5 Å². The molecule has 3 rings (SSSR count). The molecule has 2 heterocycles. The number of carbonyl (C=O) groups excluding carboxylic acids is 1. The fourth-order valence-electron chi connectivity index (χ4n) is 2.86. The molecule has 0 unspecified atom stereocenters. The minimum Gasteiger partial charge on any atom is -0.422 e. The largest absolute Gasteiger partial charge is 0.422 e. The number of carbonyl (C=O) groups is 1. The van der Waals surface area contributed by atoms with Crippen LogP contribution in [-0.2, 0) is 0 Å². The molecular formula is C16H17N3O6. The number of nitro benzene ring substituents is 1. The zero-order valence-electron chi connectivity index (χ0n) is 13.4. The molecular weight excluding hydrogens is 330 g/mol. The van der Waals surface area contributed by atoms with Gasteiger partial charge in [0.15, 0.2) is 0 Å². The Morgan fingerprint density at radius 3 is 2.60 bits per heavy atom. The van der Waals surface area contributed by atoms with Crippen molar-refractivity contribution in [3.63, 3.8) is 0 Å². The summed E-state index contributed by atoms with van der Waals surface area (Å²) in [5.41, 5.74) is -0.843. The molecule has 1 aromatic heterocycles. The summed E-state index contributed by atoms with van der Waals surface area (Å²) in [6.07, 6.45) is 0. The summed E-state index contributed by atoms with van der Waals surface area (Å²) in [4.78, 5) is 38.6. The molecule has 25 heavy (non-hydrogen) atoms. The minimum absolute atomic E-state index is 0.0565. The molecule has 0 spiro atoms. The van der Waals surface area contributed by atoms with Gasteiger partial charge >= 0.3 is 5.63 Å². The molecule has 0 bridgehead atoms. The van der Waals surface area contributed by atoms with E-state index in [2.05, 4.69) is 0 Å². The van der Waals surface area contributed by atoms with Crippen molar-refractivity contribution in [2.24, 2.45) is 0 Å². The average Bonchev–Trinajstić information content (AvgIpc) is 2.61. The Kier molecular flexibility index (Phi) is 4.77. The lowest BCUT2D eigenvalue weighted by atomic mass is 10.1. The normalized spacial score (nSPS) is 15.5. The van der Waals surface area contributed by atoms with Crippen LogP contribution in [-0.4, -0.2) is 65.1 Å². The monoisotopic (exact) mass is 347 g/mol. The number of β-amino-alcohol motifs (C(OH)–C–C–N with tert-alkyl or cyclic N) is 1. The van der Waals surface area contributed by atoms with Crippen molar-refractivity contribution in [3.05, 3.63) is 50.4 Å². The fourth-order valence-corrected chi connectivity index (χ4v) is 2.86. The highest BCUT2D eigenvalue weighted by Gasteiger charge is 2.25. The number of amides is 1. The van der Waals surface area contributed by atoms with E-state index in [1.807, 2.05) is 4.90 Å². The Morgan fingerprint density at radius 2 is 1.96 bits per heavy atom. The Labute approximate surface area is 142 Å². The SMILES string of the molecule is O=C(c1cc2cc([N+](=O)[O-])ccc2oc1=O)N1CCN(CCO)CC1. The average molecular weight is 347 g/mol. The van der Waals surface area contributed by atoms with E-state index in [0.29, 0.717) is 38.1 Å². The molecule has 132 valence electrons. The highest BCUT2D eigenvalue weighted by Crippen LogP contribution is 2.21. The number of hydrogen-bond donors (Lipinski definition) is 1. The Morgan fingerprint density at radius 1 is 1.24 bits per heavy atom. The van der Waals surface area contributed by atoms with Crippen LogP contribution in [0, 0.1) is 10.1 Å². The molecule has 0 radical (unpaired) electrons. The van der Waals surface area contributed by atoms with Crippen LogP contribution < -0.4 is 5.63 Å². The number of non-ortho nitro benzene ring substituents is 1. The van der Waals surface area contributed by atoms with Gasteiger partial charge in [0.1, 0.15) is 11.1 Å². The van der Waals surface area contributed by atoms with Gasteiger partial charge in [0, 0.05) is 50.2 Å². The lowest BCUT2D eigenvalue weighted by Crippen LogP contribution is -2.49. The van der Waals surface area contributed by atoms with Gasteiger partial charge in [-0.1, -0.05) is 0 Å². The van der Waals surface area contributed by atoms with Crippen molar-refractivity contribution < 1.29 is 19.2 Å². The molecule has 1 aromatic carbocycles. The molecule has 1 N–H and O–H groups in total. The van der Waals surface area contributed by atoms with Crippen molar-refractivity contribution in [2.45, 2.75) is 0 Å². The molecule has 0 atom stereocenters. The third-order valence-electron chi connectivity index (χ3n) is 4.23. The second-order valence-corrected chi connectivity index (χ2v) is 5.78. The number of fused-ring (bicyclic) bond motifs is 1. The van der Waals surface area contributed by atoms with Gasteiger partial charge in [-0.3, -0.25) is 19.8 Å². The van der Waals surface area contributed by atoms with Gasteiger partial charge in [0.05, 0.1) is 11.5 Å². The van der Waals surface area contributed by atoms with E-state index in [-0.39, 0.29) is 23.4 Å². The highest BCUT2D eigenvalue weighted by atomic mass is 16.6. The molecule has 1 saturated heterocycles. The first-order chi connectivity index (χ1) is 12.0. The van der Waals surface area contributed by atoms with E-state index < -0.39 is 16.5 Å². The summed E-state index contributed by atoms with van der Waals surface area (Å²) in [6, 6.07) is 5.20. The summed E-state index contributed by atoms with van der Waals surface area (Å²) in [5.74, 6) is -0.453. The van der Waals surface area contributed by atoms with Gasteiger partial charge in [-0.2, -0.15) is 0 Å². The Hall–Kier alpha value is -2.78. The van der Waals surface area contributed by atoms with Crippen molar-refractivity contribution >= 4 is 22.6 Å². The van der Waals surface area contributed by atoms with E-state index in [9.17, 15) is 19.7 Å². The smallest absolute Gasteiger partial charge is 0.349 e. The van der Waals surface area contributed by atoms with Crippen LogP contribution in [0.1, 0.15) is 10.4 Å². The van der Waals surface area contributed by atoms with Crippen molar-refractivity contribution in [2.75, 3.05) is 39.3 Å². The number of aliphatic hydroxyl groups excluding tert-OH is 1. The van der Waals surface area contributed by atoms with Gasteiger partial charge in [-0.05, 0) is 12.1 Å². The molecule has 0 saturated carbocycles. The summed E-state index contributed by atoms with van der Waals surface area (Å²) < 4.78 is 5.13. The third-order valence-corrected chi connectivity index (χ3v) is 4.23. The number of rotatable bonds is 4. The van der Waals surface area contributed by atoms with Crippen LogP contribution >= 0.6 is 0 Å². The van der Waals surface area contributed by atoms with E-state index >= 15 is 0 Å². The zero-order valence-corrected chi connectivity index (χ0v) is 13.4. The van der Waals surface area contributed by atoms with Gasteiger partial charge < -0.3 is 14.4 Å². The maximum Gasteiger partial charge on any atom is 0.349 e. The topological polar surface area (TPSA) is 117 Å². The molecule has 1 amide bonds. The minimum atomic E-state index is -0.760. The number of piperazine rings is 1. The van der Waals surface area contributed by atoms with Crippen LogP contribution in [0.2, 0.25) is 0 Å². The number of benzene rings is 1. The Bertz CT molecular complexity index is 870. The van der Waals surface area contributed by atoms with Gasteiger partial charge in [-0.15, -0.1) is 0 Å². The first-order valence-corrected chi connectivity index (χ1v) is 7.84. The quantitative estimate of drug-likeness (QED) is 0.485.